The van der Waals surface area contributed by atoms with Crippen LogP contribution in [0.2, 0.25) is 0 Å². The lowest BCUT2D eigenvalue weighted by atomic mass is 9.83. The van der Waals surface area contributed by atoms with Crippen molar-refractivity contribution < 1.29 is 14.0 Å². The summed E-state index contributed by atoms with van der Waals surface area (Å²) in [6, 6.07) is 18.9. The summed E-state index contributed by atoms with van der Waals surface area (Å²) in [6.07, 6.45) is 9.28. The third-order valence-electron chi connectivity index (χ3n) is 9.07. The highest BCUT2D eigenvalue weighted by molar-refractivity contribution is 5.98. The minimum atomic E-state index is -0.530. The average Bonchev–Trinajstić information content (AvgIpc) is 3.62. The number of halogens is 1. The zero-order chi connectivity index (χ0) is 28.5. The molecule has 2 N–H and O–H groups in total. The topological polar surface area (TPSA) is 61.4 Å². The van der Waals surface area contributed by atoms with Gasteiger partial charge >= 0.3 is 0 Å². The summed E-state index contributed by atoms with van der Waals surface area (Å²) in [5.41, 5.74) is 7.01. The van der Waals surface area contributed by atoms with E-state index in [0.717, 1.165) is 23.4 Å². The first-order valence-corrected chi connectivity index (χ1v) is 14.9. The van der Waals surface area contributed by atoms with Gasteiger partial charge in [0.05, 0.1) is 17.5 Å². The van der Waals surface area contributed by atoms with Crippen LogP contribution in [0.15, 0.2) is 66.7 Å². The molecule has 2 amide bonds. The highest BCUT2D eigenvalue weighted by Crippen LogP contribution is 2.39. The molecule has 3 aromatic rings. The first-order valence-electron chi connectivity index (χ1n) is 14.9. The quantitative estimate of drug-likeness (QED) is 0.330. The van der Waals surface area contributed by atoms with Gasteiger partial charge in [-0.15, -0.1) is 0 Å². The summed E-state index contributed by atoms with van der Waals surface area (Å²) in [4.78, 5) is 29.6. The number of fused-ring (bicyclic) bond motifs is 1. The summed E-state index contributed by atoms with van der Waals surface area (Å²) >= 11 is 0. The number of amides is 2. The summed E-state index contributed by atoms with van der Waals surface area (Å²) in [7, 11) is 0. The van der Waals surface area contributed by atoms with Crippen molar-refractivity contribution in [3.8, 4) is 0 Å². The Hall–Kier alpha value is -3.93. The van der Waals surface area contributed by atoms with Gasteiger partial charge in [-0.25, -0.2) is 4.39 Å². The maximum absolute atomic E-state index is 15.0. The molecule has 3 aliphatic rings. The van der Waals surface area contributed by atoms with Crippen LogP contribution in [0.3, 0.4) is 0 Å². The molecule has 1 saturated heterocycles. The smallest absolute Gasteiger partial charge is 0.257 e. The lowest BCUT2D eigenvalue weighted by Gasteiger charge is -2.41. The van der Waals surface area contributed by atoms with Gasteiger partial charge in [-0.2, -0.15) is 0 Å². The van der Waals surface area contributed by atoms with E-state index < -0.39 is 17.8 Å². The number of nitrogens with one attached hydrogen (secondary N) is 2. The van der Waals surface area contributed by atoms with E-state index >= 15 is 0 Å². The molecule has 2 fully saturated rings. The predicted octanol–water partition coefficient (Wildman–Crippen LogP) is 7.68. The van der Waals surface area contributed by atoms with Crippen molar-refractivity contribution in [2.24, 2.45) is 5.92 Å². The Labute approximate surface area is 241 Å². The molecular weight excluding hydrogens is 513 g/mol. The van der Waals surface area contributed by atoms with Crippen molar-refractivity contribution in [3.63, 3.8) is 0 Å². The maximum atomic E-state index is 15.0. The SMILES string of the molecule is CC1=CCc2ccc(NC(=O)[C@H]3CCCN(C(=O)c4c(C)cccc4F)C3c3ccc(NC4CCCC4)cc3)cc21. The molecule has 3 aromatic carbocycles. The van der Waals surface area contributed by atoms with Crippen LogP contribution in [0.1, 0.15) is 84.1 Å². The van der Waals surface area contributed by atoms with E-state index in [1.54, 1.807) is 24.0 Å². The number of piperidine rings is 1. The Morgan fingerprint density at radius 1 is 0.902 bits per heavy atom. The van der Waals surface area contributed by atoms with Gasteiger partial charge in [0, 0.05) is 24.0 Å². The molecule has 212 valence electrons. The number of hydrogen-bond acceptors (Lipinski definition) is 3. The van der Waals surface area contributed by atoms with Crippen molar-refractivity contribution in [2.45, 2.75) is 70.9 Å². The zero-order valence-corrected chi connectivity index (χ0v) is 23.9. The van der Waals surface area contributed by atoms with Crippen LogP contribution in [-0.4, -0.2) is 29.3 Å². The van der Waals surface area contributed by atoms with Crippen molar-refractivity contribution in [1.82, 2.24) is 4.90 Å². The Bertz CT molecular complexity index is 1470. The molecule has 0 spiro atoms. The molecule has 0 aromatic heterocycles. The molecule has 2 aliphatic carbocycles. The van der Waals surface area contributed by atoms with Gasteiger partial charge in [-0.05, 0) is 104 Å². The van der Waals surface area contributed by atoms with Crippen molar-refractivity contribution in [3.05, 3.63) is 100 Å². The fourth-order valence-corrected chi connectivity index (χ4v) is 6.85. The summed E-state index contributed by atoms with van der Waals surface area (Å²) < 4.78 is 15.0. The van der Waals surface area contributed by atoms with E-state index in [0.29, 0.717) is 31.0 Å². The number of rotatable bonds is 6. The fraction of sp³-hybridized carbons (Fsp3) is 0.371. The second kappa shape index (κ2) is 11.5. The minimum absolute atomic E-state index is 0.0824. The zero-order valence-electron chi connectivity index (χ0n) is 23.9. The van der Waals surface area contributed by atoms with Gasteiger partial charge in [0.15, 0.2) is 0 Å². The molecule has 5 nitrogen and oxygen atoms in total. The monoisotopic (exact) mass is 551 g/mol. The van der Waals surface area contributed by atoms with E-state index in [-0.39, 0.29) is 17.4 Å². The lowest BCUT2D eigenvalue weighted by Crippen LogP contribution is -2.46. The standard InChI is InChI=1S/C35H38FN3O2/c1-22-12-13-24-14-19-28(21-30(22)24)38-34(40)29-10-6-20-39(35(41)32-23(2)7-5-11-31(32)36)33(29)25-15-17-27(18-16-25)37-26-8-3-4-9-26/h5,7,11-12,14-19,21,26,29,33,37H,3-4,6,8-10,13,20H2,1-2H3,(H,38,40)/t29-,33?/m0/s1. The molecule has 1 saturated carbocycles. The molecular formula is C35H38FN3O2. The molecule has 6 heteroatoms. The van der Waals surface area contributed by atoms with E-state index in [1.807, 2.05) is 36.4 Å². The minimum Gasteiger partial charge on any atom is -0.382 e. The number of likely N-dealkylation sites (tertiary alicyclic amines) is 1. The first kappa shape index (κ1) is 27.3. The van der Waals surface area contributed by atoms with E-state index in [2.05, 4.69) is 29.7 Å². The summed E-state index contributed by atoms with van der Waals surface area (Å²) in [5.74, 6) is -1.49. The summed E-state index contributed by atoms with van der Waals surface area (Å²) in [6.45, 7) is 4.31. The molecule has 2 atom stereocenters. The van der Waals surface area contributed by atoms with Gasteiger partial charge in [0.1, 0.15) is 5.82 Å². The number of benzene rings is 3. The third kappa shape index (κ3) is 5.52. The lowest BCUT2D eigenvalue weighted by molar-refractivity contribution is -0.123. The second-order valence-corrected chi connectivity index (χ2v) is 11.8. The molecule has 1 aliphatic heterocycles. The Kier molecular flexibility index (Phi) is 7.65. The number of nitrogens with zero attached hydrogens (tertiary/aromatic N) is 1. The van der Waals surface area contributed by atoms with Crippen LogP contribution in [0.4, 0.5) is 15.8 Å². The number of anilines is 2. The van der Waals surface area contributed by atoms with E-state index in [4.69, 9.17) is 0 Å². The molecule has 6 rings (SSSR count). The number of carbonyl (C=O) groups is 2. The largest absolute Gasteiger partial charge is 0.382 e. The highest BCUT2D eigenvalue weighted by Gasteiger charge is 2.40. The van der Waals surface area contributed by atoms with Crippen LogP contribution in [0.5, 0.6) is 0 Å². The van der Waals surface area contributed by atoms with E-state index in [9.17, 15) is 14.0 Å². The third-order valence-corrected chi connectivity index (χ3v) is 9.07. The van der Waals surface area contributed by atoms with Crippen LogP contribution in [0.25, 0.3) is 5.57 Å². The van der Waals surface area contributed by atoms with E-state index in [1.165, 1.54) is 48.4 Å². The van der Waals surface area contributed by atoms with Gasteiger partial charge in [-0.1, -0.05) is 49.2 Å². The first-order chi connectivity index (χ1) is 19.9. The number of carbonyl (C=O) groups excluding carboxylic acids is 2. The molecule has 41 heavy (non-hydrogen) atoms. The van der Waals surface area contributed by atoms with Gasteiger partial charge < -0.3 is 15.5 Å². The van der Waals surface area contributed by atoms with Crippen LogP contribution < -0.4 is 10.6 Å². The van der Waals surface area contributed by atoms with Crippen LogP contribution in [-0.2, 0) is 11.2 Å². The number of allylic oxidation sites excluding steroid dienone is 2. The second-order valence-electron chi connectivity index (χ2n) is 11.8. The van der Waals surface area contributed by atoms with Gasteiger partial charge in [-0.3, -0.25) is 9.59 Å². The van der Waals surface area contributed by atoms with Gasteiger partial charge in [0.25, 0.3) is 5.91 Å². The number of hydrogen-bond donors (Lipinski definition) is 2. The van der Waals surface area contributed by atoms with Gasteiger partial charge in [0.2, 0.25) is 5.91 Å². The Morgan fingerprint density at radius 3 is 2.41 bits per heavy atom. The normalized spacial score (nSPS) is 20.5. The molecule has 1 unspecified atom stereocenters. The van der Waals surface area contributed by atoms with Crippen LogP contribution >= 0.6 is 0 Å². The maximum Gasteiger partial charge on any atom is 0.257 e. The average molecular weight is 552 g/mol. The van der Waals surface area contributed by atoms with Crippen molar-refractivity contribution >= 4 is 28.8 Å². The van der Waals surface area contributed by atoms with Crippen LogP contribution in [0, 0.1) is 18.7 Å². The van der Waals surface area contributed by atoms with Crippen molar-refractivity contribution in [2.75, 3.05) is 17.2 Å². The molecule has 1 heterocycles. The highest BCUT2D eigenvalue weighted by atomic mass is 19.1. The fourth-order valence-electron chi connectivity index (χ4n) is 6.85. The Balaban J connectivity index is 1.32. The Morgan fingerprint density at radius 2 is 1.66 bits per heavy atom. The summed E-state index contributed by atoms with van der Waals surface area (Å²) in [5, 5.41) is 6.78. The number of aryl methyl sites for hydroxylation is 1. The molecule has 0 radical (unpaired) electrons. The molecule has 0 bridgehead atoms. The van der Waals surface area contributed by atoms with Crippen molar-refractivity contribution in [1.29, 1.82) is 0 Å². The predicted molar refractivity (Wildman–Crippen MR) is 162 cm³/mol.